The van der Waals surface area contributed by atoms with Gasteiger partial charge in [0.2, 0.25) is 65.1 Å². The van der Waals surface area contributed by atoms with Gasteiger partial charge in [0.1, 0.15) is 102 Å². The van der Waals surface area contributed by atoms with E-state index >= 15 is 28.8 Å². The molecule has 11 aliphatic rings. The van der Waals surface area contributed by atoms with Crippen molar-refractivity contribution >= 4 is 80.5 Å². The Morgan fingerprint density at radius 3 is 1.88 bits per heavy atom. The highest BCUT2D eigenvalue weighted by Crippen LogP contribution is 2.56. The molecule has 117 heavy (non-hydrogen) atoms. The van der Waals surface area contributed by atoms with Crippen LogP contribution in [0, 0.1) is 29.6 Å². The minimum Gasteiger partial charge on any atom is -0.508 e. The first-order chi connectivity index (χ1) is 55.6. The average molecular weight is 1680 g/mol. The Bertz CT molecular complexity index is 5010. The van der Waals surface area contributed by atoms with Gasteiger partial charge in [-0.3, -0.25) is 38.4 Å². The Morgan fingerprint density at radius 2 is 1.27 bits per heavy atom. The van der Waals surface area contributed by atoms with Crippen LogP contribution in [0.25, 0.3) is 11.1 Å². The topological polar surface area (TPSA) is 516 Å². The number of nitrogens with one attached hydrogen (secondary N) is 9. The smallest absolute Gasteiger partial charge is 0.264 e. The number of fused-ring (bicyclic) bond motifs is 12. The molecule has 624 valence electrons. The van der Waals surface area contributed by atoms with Crippen molar-refractivity contribution in [2.45, 2.75) is 161 Å². The van der Waals surface area contributed by atoms with Crippen LogP contribution in [0.5, 0.6) is 40.2 Å². The number of hydrogen-bond donors (Lipinski definition) is 18. The van der Waals surface area contributed by atoms with E-state index in [0.29, 0.717) is 18.4 Å². The van der Waals surface area contributed by atoms with E-state index < -0.39 is 200 Å². The molecule has 15 bridgehead atoms. The van der Waals surface area contributed by atoms with E-state index in [1.54, 1.807) is 0 Å². The number of ether oxygens (including phenoxy) is 5. The molecule has 6 aromatic rings. The monoisotopic (exact) mass is 1680 g/mol. The summed E-state index contributed by atoms with van der Waals surface area (Å²) in [5.74, 6) is -15.1. The van der Waals surface area contributed by atoms with Crippen LogP contribution in [-0.4, -0.2) is 203 Å². The fourth-order valence-corrected chi connectivity index (χ4v) is 18.7. The number of rotatable bonds is 18. The SMILES string of the molecule is CNC(CC(C)C)C(=O)NC1C(=O)NC(CC(=O)NS(=O)(=O)c2ccc(OCCN(C)C)cc2)C(=O)NC2C(=O)NC3C(=O)NC(C(=O)N[C@H](C(=O)NC4C5CC6CC(C5)CC4C6)c4cc(O)cc5c4-c4cc3ccc4C5(O)O)C(O)c3ccc(c(Cl)c3)Oc3cc2cc(c3OC2OC(CN)C(O)C(O)C2O)Oc2ccc(cc2Cl)C1O. The normalized spacial score (nSPS) is 28.6. The van der Waals surface area contributed by atoms with Gasteiger partial charge in [0.25, 0.3) is 10.0 Å². The number of aliphatic hydroxyl groups excluding tert-OH is 5. The quantitative estimate of drug-likeness (QED) is 0.0545. The third-order valence-corrected chi connectivity index (χ3v) is 24.9. The summed E-state index contributed by atoms with van der Waals surface area (Å²) in [6, 6.07) is 5.17. The van der Waals surface area contributed by atoms with Crippen LogP contribution in [0.15, 0.2) is 108 Å². The maximum Gasteiger partial charge on any atom is 0.264 e. The standard InChI is InChI=1S/C80H91Cl2N11O23S/c1-33(2)18-51(84-3)72(101)90-64-66(96)37-7-14-53(49(81)25-37)113-55-27-41-28-56(71(55)116-79-70(100)69(99)68(98)57(32-83)115-79)114-54-15-8-38(26-50(54)82)67(97)65-78(107)89-63(76(105)86-60-39-20-34-19-35(22-39)23-40(60)21-34)46-29-42(94)30-48-59(46)45-24-36(6-13-47(45)80(48,108)109)61(74(103)91-65)88-75(104)62(41)87-73(102)52(85-77(64)106)31-58(95)92-117(110,111)44-11-9-43(10-12-44)112-17-16-93(4)5/h6-15,24-30,33-35,39-40,51-52,57,60-70,79,84,94,96-100,108-109H,16-23,31-32,83H2,1-5H3,(H,85,106)(H,86,105)(H,87,102)(H,88,104)(H,89,107)(H,90,101)(H,91,103)(H,92,95)/t34?,35?,39?,40?,51?,52?,57?,60?,61?,62?,63-,64?,65?,66?,67?,68?,69?,70?,79?/m0/s1. The van der Waals surface area contributed by atoms with Gasteiger partial charge in [0, 0.05) is 30.3 Å². The van der Waals surface area contributed by atoms with Gasteiger partial charge in [-0.15, -0.1) is 0 Å². The number of sulfonamides is 1. The number of nitrogens with two attached hydrogens (primary N) is 1. The van der Waals surface area contributed by atoms with Crippen molar-refractivity contribution in [2.24, 2.45) is 35.3 Å². The molecular weight excluding hydrogens is 1590 g/mol. The van der Waals surface area contributed by atoms with Crippen molar-refractivity contribution in [3.05, 3.63) is 152 Å². The van der Waals surface area contributed by atoms with Crippen LogP contribution in [0.1, 0.15) is 128 Å². The summed E-state index contributed by atoms with van der Waals surface area (Å²) in [6.45, 7) is 3.86. The number of hydrogen-bond acceptors (Lipinski definition) is 26. The molecule has 0 spiro atoms. The Kier molecular flexibility index (Phi) is 24.0. The van der Waals surface area contributed by atoms with Crippen molar-refractivity contribution in [3.63, 3.8) is 0 Å². The second kappa shape index (κ2) is 33.5. The molecule has 17 rings (SSSR count). The Hall–Kier alpha value is -9.83. The number of phenolic OH excluding ortho intramolecular Hbond substituents is 1. The molecule has 37 heteroatoms. The van der Waals surface area contributed by atoms with Crippen molar-refractivity contribution in [1.29, 1.82) is 0 Å². The highest BCUT2D eigenvalue weighted by molar-refractivity contribution is 7.90. The summed E-state index contributed by atoms with van der Waals surface area (Å²) >= 11 is 14.3. The van der Waals surface area contributed by atoms with Crippen molar-refractivity contribution in [1.82, 2.24) is 52.2 Å². The third-order valence-electron chi connectivity index (χ3n) is 23.0. The zero-order valence-electron chi connectivity index (χ0n) is 63.8. The predicted octanol–water partition coefficient (Wildman–Crippen LogP) is 1.74. The molecular formula is C80H91Cl2N11O23S. The molecule has 13 unspecified atom stereocenters. The predicted molar refractivity (Wildman–Crippen MR) is 415 cm³/mol. The lowest BCUT2D eigenvalue weighted by Gasteiger charge is -2.54. The minimum absolute atomic E-state index is 0.0728. The molecule has 34 nitrogen and oxygen atoms in total. The van der Waals surface area contributed by atoms with E-state index in [9.17, 15) is 58.9 Å². The largest absolute Gasteiger partial charge is 0.508 e. The number of likely N-dealkylation sites (N-methyl/N-ethyl adjacent to an activating group) is 2. The van der Waals surface area contributed by atoms with Gasteiger partial charge in [0.05, 0.1) is 27.4 Å². The molecule has 0 radical (unpaired) electrons. The first-order valence-electron chi connectivity index (χ1n) is 38.3. The van der Waals surface area contributed by atoms with Gasteiger partial charge in [-0.25, -0.2) is 13.1 Å². The number of phenols is 1. The first kappa shape index (κ1) is 83.7. The summed E-state index contributed by atoms with van der Waals surface area (Å²) in [6.07, 6.45) is -10.5. The number of aliphatic hydroxyl groups is 7. The molecule has 6 heterocycles. The summed E-state index contributed by atoms with van der Waals surface area (Å²) in [4.78, 5) is 126. The number of benzene rings is 6. The van der Waals surface area contributed by atoms with Crippen LogP contribution in [0.3, 0.4) is 0 Å². The molecule has 8 amide bonds. The van der Waals surface area contributed by atoms with Crippen LogP contribution >= 0.6 is 23.2 Å². The van der Waals surface area contributed by atoms with Crippen molar-refractivity contribution in [3.8, 4) is 51.4 Å². The summed E-state index contributed by atoms with van der Waals surface area (Å²) in [5, 5.41) is 116. The number of halogens is 2. The molecule has 4 saturated carbocycles. The van der Waals surface area contributed by atoms with Crippen LogP contribution in [0.4, 0.5) is 0 Å². The van der Waals surface area contributed by atoms with Crippen LogP contribution < -0.4 is 71.9 Å². The fourth-order valence-electron chi connectivity index (χ4n) is 17.3. The molecule has 1 saturated heterocycles. The van der Waals surface area contributed by atoms with Gasteiger partial charge >= 0.3 is 0 Å². The number of aromatic hydroxyl groups is 1. The van der Waals surface area contributed by atoms with E-state index in [0.717, 1.165) is 80.6 Å². The molecule has 6 aromatic carbocycles. The first-order valence-corrected chi connectivity index (χ1v) is 40.6. The van der Waals surface area contributed by atoms with E-state index in [-0.39, 0.29) is 104 Å². The molecule has 5 aliphatic carbocycles. The van der Waals surface area contributed by atoms with Gasteiger partial charge in [-0.05, 0) is 207 Å². The second-order valence-corrected chi connectivity index (χ2v) is 34.3. The lowest BCUT2D eigenvalue weighted by molar-refractivity contribution is -0.270. The van der Waals surface area contributed by atoms with Gasteiger partial charge in [-0.2, -0.15) is 0 Å². The molecule has 5 fully saturated rings. The number of amides is 8. The average Bonchev–Trinajstić information content (AvgIpc) is 1.56. The Morgan fingerprint density at radius 1 is 0.667 bits per heavy atom. The Balaban J connectivity index is 0.950. The van der Waals surface area contributed by atoms with Crippen LogP contribution in [0.2, 0.25) is 10.0 Å². The molecule has 0 aromatic heterocycles. The zero-order valence-corrected chi connectivity index (χ0v) is 66.2. The van der Waals surface area contributed by atoms with Gasteiger partial charge in [-0.1, -0.05) is 61.3 Å². The highest BCUT2D eigenvalue weighted by Gasteiger charge is 2.52. The van der Waals surface area contributed by atoms with E-state index in [2.05, 4.69) is 42.5 Å². The van der Waals surface area contributed by atoms with Gasteiger partial charge < -0.3 is 118 Å². The Labute approximate surface area is 680 Å². The number of nitrogens with zero attached hydrogens (tertiary/aromatic N) is 1. The molecule has 19 N–H and O–H groups in total. The van der Waals surface area contributed by atoms with E-state index in [1.807, 2.05) is 37.6 Å². The molecule has 6 aliphatic heterocycles. The highest BCUT2D eigenvalue weighted by atomic mass is 35.5. The summed E-state index contributed by atoms with van der Waals surface area (Å²) < 4.78 is 61.7. The third kappa shape index (κ3) is 17.0. The fraction of sp³-hybridized carbons (Fsp3) is 0.450. The van der Waals surface area contributed by atoms with Crippen LogP contribution in [-0.2, 0) is 58.9 Å². The summed E-state index contributed by atoms with van der Waals surface area (Å²) in [7, 11) is 0.202. The van der Waals surface area contributed by atoms with Crippen molar-refractivity contribution < 1.29 is 111 Å². The molecule has 14 atom stereocenters. The minimum atomic E-state index is -4.89. The van der Waals surface area contributed by atoms with E-state index in [1.165, 1.54) is 61.6 Å². The van der Waals surface area contributed by atoms with E-state index in [4.69, 9.17) is 52.6 Å². The lowest BCUT2D eigenvalue weighted by Crippen LogP contribution is -2.60. The zero-order chi connectivity index (χ0) is 83.7. The number of carbonyl (C=O) groups is 8. The maximum atomic E-state index is 16.5. The van der Waals surface area contributed by atoms with Crippen molar-refractivity contribution in [2.75, 3.05) is 40.8 Å². The number of carbonyl (C=O) groups excluding carboxylic acids is 8. The lowest BCUT2D eigenvalue weighted by atomic mass is 9.54. The van der Waals surface area contributed by atoms with Gasteiger partial charge in [0.15, 0.2) is 11.5 Å². The summed E-state index contributed by atoms with van der Waals surface area (Å²) in [5.41, 5.74) is 3.76. The maximum absolute atomic E-state index is 16.5. The second-order valence-electron chi connectivity index (χ2n) is 31.8.